The van der Waals surface area contributed by atoms with Crippen LogP contribution in [-0.2, 0) is 22.6 Å². The molecule has 0 aromatic heterocycles. The van der Waals surface area contributed by atoms with E-state index in [1.807, 2.05) is 0 Å². The van der Waals surface area contributed by atoms with Gasteiger partial charge in [0.15, 0.2) is 0 Å². The Balaban J connectivity index is 0.000000291. The predicted octanol–water partition coefficient (Wildman–Crippen LogP) is 4.45. The van der Waals surface area contributed by atoms with Gasteiger partial charge in [0.1, 0.15) is 11.6 Å². The van der Waals surface area contributed by atoms with Gasteiger partial charge >= 0.3 is 11.9 Å². The van der Waals surface area contributed by atoms with Gasteiger partial charge in [0, 0.05) is 11.1 Å². The van der Waals surface area contributed by atoms with Gasteiger partial charge in [-0.25, -0.2) is 31.5 Å². The standard InChI is InChI=1S/C11H10FNO2.C10H8FNO2/c1-3-15-11(14)9-6-8(7-13-2)4-5-10(9)12;1-12-6-7-3-4-9(11)8(5-7)10(13)14-2/h4-6H,3,7H2,1H3;3-5H,6H2,2H3. The SMILES string of the molecule is [C-]#[N+]Cc1ccc(F)c(C(=O)OC)c1.[C-]#[N+]Cc1ccc(F)c(C(=O)OCC)c1. The van der Waals surface area contributed by atoms with Gasteiger partial charge in [0.05, 0.1) is 24.8 Å². The van der Waals surface area contributed by atoms with Crippen LogP contribution in [0.2, 0.25) is 0 Å². The fraction of sp³-hybridized carbons (Fsp3) is 0.238. The lowest BCUT2D eigenvalue weighted by molar-refractivity contribution is 0.0519. The van der Waals surface area contributed by atoms with Crippen molar-refractivity contribution in [3.63, 3.8) is 0 Å². The van der Waals surface area contributed by atoms with Gasteiger partial charge in [0.25, 0.3) is 0 Å². The second-order valence-corrected chi connectivity index (χ2v) is 5.47. The first kappa shape index (κ1) is 23.3. The summed E-state index contributed by atoms with van der Waals surface area (Å²) >= 11 is 0. The highest BCUT2D eigenvalue weighted by Crippen LogP contribution is 2.13. The molecule has 0 saturated carbocycles. The van der Waals surface area contributed by atoms with E-state index in [-0.39, 0.29) is 30.8 Å². The third-order valence-electron chi connectivity index (χ3n) is 3.49. The number of nitrogens with zero attached hydrogens (tertiary/aromatic N) is 2. The van der Waals surface area contributed by atoms with Crippen molar-refractivity contribution in [1.82, 2.24) is 0 Å². The van der Waals surface area contributed by atoms with Crippen molar-refractivity contribution < 1.29 is 27.8 Å². The van der Waals surface area contributed by atoms with E-state index in [1.165, 1.54) is 37.4 Å². The molecular formula is C21H18F2N2O4. The lowest BCUT2D eigenvalue weighted by atomic mass is 10.1. The molecule has 2 aromatic carbocycles. The summed E-state index contributed by atoms with van der Waals surface area (Å²) in [6, 6.07) is 7.97. The van der Waals surface area contributed by atoms with Crippen molar-refractivity contribution in [2.45, 2.75) is 20.0 Å². The molecule has 0 saturated heterocycles. The number of carbonyl (C=O) groups excluding carboxylic acids is 2. The molecule has 0 aliphatic rings. The topological polar surface area (TPSA) is 61.3 Å². The van der Waals surface area contributed by atoms with E-state index in [1.54, 1.807) is 6.92 Å². The molecule has 2 rings (SSSR count). The number of hydrogen-bond donors (Lipinski definition) is 0. The number of ether oxygens (including phenoxy) is 2. The number of benzene rings is 2. The van der Waals surface area contributed by atoms with Gasteiger partial charge in [-0.3, -0.25) is 0 Å². The van der Waals surface area contributed by atoms with Gasteiger partial charge in [-0.1, -0.05) is 0 Å². The Bertz CT molecular complexity index is 962. The van der Waals surface area contributed by atoms with Crippen LogP contribution in [0.25, 0.3) is 9.69 Å². The Labute approximate surface area is 167 Å². The average Bonchev–Trinajstić information content (AvgIpc) is 2.71. The van der Waals surface area contributed by atoms with Gasteiger partial charge in [-0.05, 0) is 43.3 Å². The molecule has 6 nitrogen and oxygen atoms in total. The van der Waals surface area contributed by atoms with E-state index in [0.29, 0.717) is 11.1 Å². The van der Waals surface area contributed by atoms with E-state index in [4.69, 9.17) is 13.1 Å². The van der Waals surface area contributed by atoms with Crippen molar-refractivity contribution >= 4 is 11.9 Å². The molecule has 0 heterocycles. The maximum Gasteiger partial charge on any atom is 0.341 e. The zero-order valence-corrected chi connectivity index (χ0v) is 15.9. The van der Waals surface area contributed by atoms with Crippen LogP contribution < -0.4 is 0 Å². The van der Waals surface area contributed by atoms with Crippen LogP contribution in [0.1, 0.15) is 38.8 Å². The number of esters is 2. The maximum absolute atomic E-state index is 13.2. The molecule has 0 bridgehead atoms. The predicted molar refractivity (Wildman–Crippen MR) is 101 cm³/mol. The number of carbonyl (C=O) groups is 2. The van der Waals surface area contributed by atoms with Crippen molar-refractivity contribution in [1.29, 1.82) is 0 Å². The van der Waals surface area contributed by atoms with E-state index in [2.05, 4.69) is 19.2 Å². The molecule has 0 radical (unpaired) electrons. The first-order valence-electron chi connectivity index (χ1n) is 8.36. The Morgan fingerprint density at radius 3 is 1.72 bits per heavy atom. The summed E-state index contributed by atoms with van der Waals surface area (Å²) < 4.78 is 35.4. The largest absolute Gasteiger partial charge is 0.465 e. The second kappa shape index (κ2) is 11.8. The molecule has 0 aliphatic heterocycles. The third-order valence-corrected chi connectivity index (χ3v) is 3.49. The Kier molecular flexibility index (Phi) is 9.49. The molecule has 0 unspecified atom stereocenters. The molecule has 0 fully saturated rings. The molecule has 0 atom stereocenters. The molecule has 0 amide bonds. The lowest BCUT2D eigenvalue weighted by Gasteiger charge is -2.03. The van der Waals surface area contributed by atoms with Crippen LogP contribution in [0.15, 0.2) is 36.4 Å². The van der Waals surface area contributed by atoms with Crippen molar-refractivity contribution in [2.75, 3.05) is 13.7 Å². The van der Waals surface area contributed by atoms with E-state index in [9.17, 15) is 18.4 Å². The second-order valence-electron chi connectivity index (χ2n) is 5.47. The maximum atomic E-state index is 13.2. The molecule has 0 N–H and O–H groups in total. The van der Waals surface area contributed by atoms with Crippen molar-refractivity contribution in [2.24, 2.45) is 0 Å². The number of methoxy groups -OCH3 is 1. The van der Waals surface area contributed by atoms with Gasteiger partial charge in [-0.2, -0.15) is 0 Å². The number of halogens is 2. The molecule has 29 heavy (non-hydrogen) atoms. The van der Waals surface area contributed by atoms with E-state index in [0.717, 1.165) is 6.07 Å². The van der Waals surface area contributed by atoms with Crippen LogP contribution in [0.4, 0.5) is 8.78 Å². The highest BCUT2D eigenvalue weighted by atomic mass is 19.1. The summed E-state index contributed by atoms with van der Waals surface area (Å²) in [7, 11) is 1.18. The minimum atomic E-state index is -0.727. The van der Waals surface area contributed by atoms with E-state index < -0.39 is 23.6 Å². The van der Waals surface area contributed by atoms with Crippen LogP contribution >= 0.6 is 0 Å². The van der Waals surface area contributed by atoms with Crippen LogP contribution in [0.5, 0.6) is 0 Å². The summed E-state index contributed by atoms with van der Waals surface area (Å²) in [5, 5.41) is 0. The summed E-state index contributed by atoms with van der Waals surface area (Å²) in [6.45, 7) is 15.4. The molecule has 0 aliphatic carbocycles. The van der Waals surface area contributed by atoms with Crippen LogP contribution in [0, 0.1) is 24.8 Å². The smallest absolute Gasteiger partial charge is 0.341 e. The number of rotatable bonds is 5. The quantitative estimate of drug-likeness (QED) is 0.550. The molecule has 0 spiro atoms. The lowest BCUT2D eigenvalue weighted by Crippen LogP contribution is -2.07. The highest BCUT2D eigenvalue weighted by molar-refractivity contribution is 5.90. The molecule has 8 heteroatoms. The molecule has 150 valence electrons. The molecule has 2 aromatic rings. The zero-order chi connectivity index (χ0) is 21.8. The van der Waals surface area contributed by atoms with Gasteiger partial charge in [0.2, 0.25) is 13.1 Å². The van der Waals surface area contributed by atoms with Gasteiger partial charge in [-0.15, -0.1) is 0 Å². The minimum Gasteiger partial charge on any atom is -0.465 e. The normalized spacial score (nSPS) is 9.31. The fourth-order valence-electron chi connectivity index (χ4n) is 2.16. The summed E-state index contributed by atoms with van der Waals surface area (Å²) in [6.07, 6.45) is 0. The minimum absolute atomic E-state index is 0.113. The van der Waals surface area contributed by atoms with Crippen molar-refractivity contribution in [3.05, 3.63) is 93.1 Å². The van der Waals surface area contributed by atoms with Crippen molar-refractivity contribution in [3.8, 4) is 0 Å². The Hall–Kier alpha value is -3.78. The van der Waals surface area contributed by atoms with Crippen LogP contribution in [-0.4, -0.2) is 25.7 Å². The van der Waals surface area contributed by atoms with Gasteiger partial charge < -0.3 is 19.2 Å². The van der Waals surface area contributed by atoms with E-state index >= 15 is 0 Å². The third kappa shape index (κ3) is 7.04. The monoisotopic (exact) mass is 400 g/mol. The zero-order valence-electron chi connectivity index (χ0n) is 15.9. The first-order valence-corrected chi connectivity index (χ1v) is 8.36. The molecular weight excluding hydrogens is 382 g/mol. The first-order chi connectivity index (χ1) is 13.9. The summed E-state index contributed by atoms with van der Waals surface area (Å²) in [5.41, 5.74) is 0.961. The number of hydrogen-bond acceptors (Lipinski definition) is 4. The average molecular weight is 400 g/mol. The Morgan fingerprint density at radius 2 is 1.34 bits per heavy atom. The fourth-order valence-corrected chi connectivity index (χ4v) is 2.16. The summed E-state index contributed by atoms with van der Waals surface area (Å²) in [5.74, 6) is -2.68. The highest BCUT2D eigenvalue weighted by Gasteiger charge is 2.14. The summed E-state index contributed by atoms with van der Waals surface area (Å²) in [4.78, 5) is 28.6. The van der Waals surface area contributed by atoms with Crippen LogP contribution in [0.3, 0.4) is 0 Å². The Morgan fingerprint density at radius 1 is 0.897 bits per heavy atom.